The van der Waals surface area contributed by atoms with Gasteiger partial charge in [0, 0.05) is 0 Å². The first-order chi connectivity index (χ1) is 8.11. The molecule has 0 atom stereocenters. The van der Waals surface area contributed by atoms with Crippen LogP contribution in [0.4, 0.5) is 0 Å². The number of rotatable bonds is 4. The Morgan fingerprint density at radius 3 is 2.59 bits per heavy atom. The second-order valence-corrected chi connectivity index (χ2v) is 4.23. The van der Waals surface area contributed by atoms with E-state index in [1.54, 1.807) is 6.08 Å². The number of allylic oxidation sites excluding steroid dienone is 3. The van der Waals surface area contributed by atoms with Gasteiger partial charge in [-0.3, -0.25) is 0 Å². The molecular weight excluding hydrogens is 210 g/mol. The molecule has 0 saturated carbocycles. The van der Waals surface area contributed by atoms with E-state index in [4.69, 9.17) is 0 Å². The molecule has 2 heteroatoms. The molecule has 88 valence electrons. The minimum Gasteiger partial charge on any atom is -0.211 e. The molecule has 0 N–H and O–H groups in total. The predicted octanol–water partition coefficient (Wildman–Crippen LogP) is 3.85. The highest BCUT2D eigenvalue weighted by molar-refractivity contribution is 5.57. The lowest BCUT2D eigenvalue weighted by Crippen LogP contribution is -2.14. The molecule has 2 nitrogen and oxygen atoms in total. The van der Waals surface area contributed by atoms with E-state index in [0.29, 0.717) is 0 Å². The van der Waals surface area contributed by atoms with Crippen LogP contribution in [0.15, 0.2) is 47.5 Å². The number of benzene rings is 1. The SMILES string of the molecule is CC=CC=Cc1ccccc1C(C)(C)N=C=O. The Balaban J connectivity index is 3.20. The zero-order valence-corrected chi connectivity index (χ0v) is 10.5. The summed E-state index contributed by atoms with van der Waals surface area (Å²) < 4.78 is 0. The Bertz CT molecular complexity index is 477. The average molecular weight is 227 g/mol. The molecular formula is C15H17NO. The van der Waals surface area contributed by atoms with Gasteiger partial charge in [-0.1, -0.05) is 48.6 Å². The smallest absolute Gasteiger partial charge is 0.211 e. The number of hydrogen-bond acceptors (Lipinski definition) is 2. The van der Waals surface area contributed by atoms with Crippen LogP contribution in [0.25, 0.3) is 6.08 Å². The van der Waals surface area contributed by atoms with Crippen molar-refractivity contribution in [3.8, 4) is 0 Å². The topological polar surface area (TPSA) is 29.4 Å². The Morgan fingerprint density at radius 2 is 1.94 bits per heavy atom. The van der Waals surface area contributed by atoms with Crippen LogP contribution >= 0.6 is 0 Å². The van der Waals surface area contributed by atoms with Crippen molar-refractivity contribution in [1.82, 2.24) is 0 Å². The molecule has 0 heterocycles. The summed E-state index contributed by atoms with van der Waals surface area (Å²) in [5, 5.41) is 0. The maximum absolute atomic E-state index is 10.4. The fraction of sp³-hybridized carbons (Fsp3) is 0.267. The minimum absolute atomic E-state index is 0.543. The van der Waals surface area contributed by atoms with Crippen molar-refractivity contribution in [2.75, 3.05) is 0 Å². The second kappa shape index (κ2) is 5.97. The molecule has 0 spiro atoms. The summed E-state index contributed by atoms with van der Waals surface area (Å²) in [4.78, 5) is 14.3. The van der Waals surface area contributed by atoms with Gasteiger partial charge in [-0.05, 0) is 31.9 Å². The van der Waals surface area contributed by atoms with Crippen molar-refractivity contribution in [3.63, 3.8) is 0 Å². The van der Waals surface area contributed by atoms with Gasteiger partial charge in [0.15, 0.2) is 0 Å². The second-order valence-electron chi connectivity index (χ2n) is 4.23. The van der Waals surface area contributed by atoms with E-state index >= 15 is 0 Å². The van der Waals surface area contributed by atoms with Gasteiger partial charge in [0.2, 0.25) is 6.08 Å². The van der Waals surface area contributed by atoms with Gasteiger partial charge in [-0.25, -0.2) is 4.79 Å². The Labute approximate surface area is 102 Å². The average Bonchev–Trinajstić information content (AvgIpc) is 2.30. The first-order valence-electron chi connectivity index (χ1n) is 5.59. The fourth-order valence-electron chi connectivity index (χ4n) is 1.64. The lowest BCUT2D eigenvalue weighted by Gasteiger charge is -2.20. The zero-order chi connectivity index (χ0) is 12.7. The van der Waals surface area contributed by atoms with Crippen molar-refractivity contribution in [2.24, 2.45) is 4.99 Å². The van der Waals surface area contributed by atoms with Crippen LogP contribution in [-0.2, 0) is 10.3 Å². The molecule has 0 aliphatic heterocycles. The molecule has 1 rings (SSSR count). The first kappa shape index (κ1) is 13.1. The summed E-state index contributed by atoms with van der Waals surface area (Å²) in [6.07, 6.45) is 9.55. The largest absolute Gasteiger partial charge is 0.235 e. The van der Waals surface area contributed by atoms with Gasteiger partial charge in [-0.15, -0.1) is 0 Å². The number of nitrogens with zero attached hydrogens (tertiary/aromatic N) is 1. The highest BCUT2D eigenvalue weighted by Gasteiger charge is 2.21. The van der Waals surface area contributed by atoms with E-state index < -0.39 is 5.54 Å². The van der Waals surface area contributed by atoms with Crippen LogP contribution in [0.2, 0.25) is 0 Å². The molecule has 0 aromatic heterocycles. The van der Waals surface area contributed by atoms with Crippen molar-refractivity contribution in [3.05, 3.63) is 53.6 Å². The summed E-state index contributed by atoms with van der Waals surface area (Å²) in [6.45, 7) is 5.78. The summed E-state index contributed by atoms with van der Waals surface area (Å²) in [6, 6.07) is 7.91. The molecule has 1 aromatic carbocycles. The molecule has 0 radical (unpaired) electrons. The molecule has 0 fully saturated rings. The number of isocyanates is 1. The highest BCUT2D eigenvalue weighted by atomic mass is 16.1. The van der Waals surface area contributed by atoms with E-state index in [1.165, 1.54) is 0 Å². The summed E-state index contributed by atoms with van der Waals surface area (Å²) in [5.74, 6) is 0. The Kier molecular flexibility index (Phi) is 4.62. The maximum atomic E-state index is 10.4. The van der Waals surface area contributed by atoms with Gasteiger partial charge in [-0.2, -0.15) is 4.99 Å². The summed E-state index contributed by atoms with van der Waals surface area (Å²) in [5.41, 5.74) is 1.54. The van der Waals surface area contributed by atoms with Crippen molar-refractivity contribution < 1.29 is 4.79 Å². The number of hydrogen-bond donors (Lipinski definition) is 0. The summed E-state index contributed by atoms with van der Waals surface area (Å²) >= 11 is 0. The predicted molar refractivity (Wildman–Crippen MR) is 71.4 cm³/mol. The lowest BCUT2D eigenvalue weighted by atomic mass is 9.90. The molecule has 0 amide bonds. The molecule has 1 aromatic rings. The fourth-order valence-corrected chi connectivity index (χ4v) is 1.64. The van der Waals surface area contributed by atoms with Crippen LogP contribution in [0.3, 0.4) is 0 Å². The van der Waals surface area contributed by atoms with E-state index in [1.807, 2.05) is 69.3 Å². The van der Waals surface area contributed by atoms with Crippen LogP contribution in [0.1, 0.15) is 31.9 Å². The van der Waals surface area contributed by atoms with E-state index in [9.17, 15) is 4.79 Å². The third-order valence-corrected chi connectivity index (χ3v) is 2.52. The summed E-state index contributed by atoms with van der Waals surface area (Å²) in [7, 11) is 0. The van der Waals surface area contributed by atoms with Gasteiger partial charge >= 0.3 is 0 Å². The maximum Gasteiger partial charge on any atom is 0.235 e. The molecule has 0 saturated heterocycles. The van der Waals surface area contributed by atoms with Gasteiger partial charge in [0.05, 0.1) is 5.54 Å². The van der Waals surface area contributed by atoms with Gasteiger partial charge in [0.25, 0.3) is 0 Å². The first-order valence-corrected chi connectivity index (χ1v) is 5.59. The van der Waals surface area contributed by atoms with E-state index in [-0.39, 0.29) is 0 Å². The Hall–Kier alpha value is -1.92. The van der Waals surface area contributed by atoms with Crippen molar-refractivity contribution in [2.45, 2.75) is 26.3 Å². The molecule has 0 unspecified atom stereocenters. The number of aliphatic imine (C=N–C) groups is 1. The third kappa shape index (κ3) is 3.54. The molecule has 0 aliphatic carbocycles. The van der Waals surface area contributed by atoms with Crippen LogP contribution in [0.5, 0.6) is 0 Å². The normalized spacial score (nSPS) is 11.9. The van der Waals surface area contributed by atoms with Crippen molar-refractivity contribution in [1.29, 1.82) is 0 Å². The van der Waals surface area contributed by atoms with Crippen LogP contribution < -0.4 is 0 Å². The highest BCUT2D eigenvalue weighted by Crippen LogP contribution is 2.28. The standard InChI is InChI=1S/C15H17NO/c1-4-5-6-9-13-10-7-8-11-14(13)15(2,3)16-12-17/h4-11H,1-3H3. The lowest BCUT2D eigenvalue weighted by molar-refractivity contribution is 0.522. The van der Waals surface area contributed by atoms with Crippen LogP contribution in [0, 0.1) is 0 Å². The van der Waals surface area contributed by atoms with E-state index in [0.717, 1.165) is 11.1 Å². The van der Waals surface area contributed by atoms with Crippen LogP contribution in [-0.4, -0.2) is 6.08 Å². The quantitative estimate of drug-likeness (QED) is 0.436. The number of carbonyl (C=O) groups excluding carboxylic acids is 1. The minimum atomic E-state index is -0.543. The van der Waals surface area contributed by atoms with Gasteiger partial charge in [0.1, 0.15) is 0 Å². The molecule has 17 heavy (non-hydrogen) atoms. The molecule has 0 aliphatic rings. The Morgan fingerprint density at radius 1 is 1.24 bits per heavy atom. The van der Waals surface area contributed by atoms with Crippen molar-refractivity contribution >= 4 is 12.2 Å². The monoisotopic (exact) mass is 227 g/mol. The molecule has 0 bridgehead atoms. The zero-order valence-electron chi connectivity index (χ0n) is 10.5. The third-order valence-electron chi connectivity index (χ3n) is 2.52. The van der Waals surface area contributed by atoms with Gasteiger partial charge < -0.3 is 0 Å². The van der Waals surface area contributed by atoms with E-state index in [2.05, 4.69) is 4.99 Å².